The van der Waals surface area contributed by atoms with Gasteiger partial charge in [0, 0.05) is 18.4 Å². The standard InChI is InChI=1S/C15H19N7O/c1-10-5-11(2)22-8-12(18-14(22)6-10)7-17-15(23)13-9-21(4-3-16)20-19-13/h5-6,8-9H,3-4,7,16H2,1-2H3,(H,17,23). The molecule has 0 spiro atoms. The highest BCUT2D eigenvalue weighted by atomic mass is 16.2. The monoisotopic (exact) mass is 313 g/mol. The molecule has 0 radical (unpaired) electrons. The van der Waals surface area contributed by atoms with Crippen molar-refractivity contribution in [3.8, 4) is 0 Å². The van der Waals surface area contributed by atoms with Crippen LogP contribution >= 0.6 is 0 Å². The topological polar surface area (TPSA) is 103 Å². The predicted molar refractivity (Wildman–Crippen MR) is 84.9 cm³/mol. The Morgan fingerprint density at radius 3 is 2.91 bits per heavy atom. The lowest BCUT2D eigenvalue weighted by atomic mass is 10.2. The molecular formula is C15H19N7O. The third-order valence-electron chi connectivity index (χ3n) is 3.52. The van der Waals surface area contributed by atoms with E-state index in [0.717, 1.165) is 22.6 Å². The number of amides is 1. The number of carbonyl (C=O) groups is 1. The Morgan fingerprint density at radius 2 is 2.13 bits per heavy atom. The van der Waals surface area contributed by atoms with E-state index in [2.05, 4.69) is 26.7 Å². The molecule has 3 aromatic heterocycles. The molecule has 120 valence electrons. The smallest absolute Gasteiger partial charge is 0.273 e. The number of imidazole rings is 1. The van der Waals surface area contributed by atoms with E-state index < -0.39 is 0 Å². The van der Waals surface area contributed by atoms with Gasteiger partial charge in [0.15, 0.2) is 5.69 Å². The first-order valence-corrected chi connectivity index (χ1v) is 7.40. The van der Waals surface area contributed by atoms with Crippen LogP contribution in [0.3, 0.4) is 0 Å². The van der Waals surface area contributed by atoms with Gasteiger partial charge in [0.2, 0.25) is 0 Å². The highest BCUT2D eigenvalue weighted by Crippen LogP contribution is 2.11. The van der Waals surface area contributed by atoms with Crippen LogP contribution in [0.1, 0.15) is 27.4 Å². The summed E-state index contributed by atoms with van der Waals surface area (Å²) in [7, 11) is 0. The van der Waals surface area contributed by atoms with Gasteiger partial charge in [-0.15, -0.1) is 5.10 Å². The number of aryl methyl sites for hydroxylation is 2. The second kappa shape index (κ2) is 6.17. The molecule has 3 N–H and O–H groups in total. The van der Waals surface area contributed by atoms with Crippen molar-refractivity contribution in [1.82, 2.24) is 29.7 Å². The summed E-state index contributed by atoms with van der Waals surface area (Å²) in [5.74, 6) is -0.279. The van der Waals surface area contributed by atoms with Crippen molar-refractivity contribution < 1.29 is 4.79 Å². The largest absolute Gasteiger partial charge is 0.345 e. The molecular weight excluding hydrogens is 294 g/mol. The van der Waals surface area contributed by atoms with Gasteiger partial charge in [-0.05, 0) is 31.5 Å². The van der Waals surface area contributed by atoms with Crippen LogP contribution in [0.2, 0.25) is 0 Å². The van der Waals surface area contributed by atoms with Crippen LogP contribution in [0.4, 0.5) is 0 Å². The molecule has 0 aromatic carbocycles. The number of carbonyl (C=O) groups excluding carboxylic acids is 1. The summed E-state index contributed by atoms with van der Waals surface area (Å²) in [6.45, 7) is 5.38. The highest BCUT2D eigenvalue weighted by molar-refractivity contribution is 5.91. The molecule has 23 heavy (non-hydrogen) atoms. The predicted octanol–water partition coefficient (Wildman–Crippen LogP) is 0.431. The second-order valence-electron chi connectivity index (χ2n) is 5.47. The van der Waals surface area contributed by atoms with E-state index >= 15 is 0 Å². The van der Waals surface area contributed by atoms with Crippen molar-refractivity contribution in [3.05, 3.63) is 47.2 Å². The van der Waals surface area contributed by atoms with Crippen LogP contribution in [0.25, 0.3) is 5.65 Å². The maximum Gasteiger partial charge on any atom is 0.273 e. The number of hydrogen-bond acceptors (Lipinski definition) is 5. The van der Waals surface area contributed by atoms with Gasteiger partial charge in [-0.3, -0.25) is 9.48 Å². The van der Waals surface area contributed by atoms with Crippen LogP contribution in [0.5, 0.6) is 0 Å². The number of aromatic nitrogens is 5. The van der Waals surface area contributed by atoms with Crippen molar-refractivity contribution in [2.24, 2.45) is 5.73 Å². The van der Waals surface area contributed by atoms with E-state index in [-0.39, 0.29) is 11.6 Å². The van der Waals surface area contributed by atoms with Crippen LogP contribution in [-0.4, -0.2) is 36.8 Å². The molecule has 0 saturated heterocycles. The Kier molecular flexibility index (Phi) is 4.07. The first kappa shape index (κ1) is 15.2. The average Bonchev–Trinajstić information content (AvgIpc) is 3.12. The van der Waals surface area contributed by atoms with Crippen molar-refractivity contribution in [1.29, 1.82) is 0 Å². The fraction of sp³-hybridized carbons (Fsp3) is 0.333. The van der Waals surface area contributed by atoms with Crippen molar-refractivity contribution in [2.45, 2.75) is 26.9 Å². The molecule has 0 saturated carbocycles. The number of hydrogen-bond donors (Lipinski definition) is 2. The number of nitrogens with two attached hydrogens (primary N) is 1. The summed E-state index contributed by atoms with van der Waals surface area (Å²) < 4.78 is 3.55. The summed E-state index contributed by atoms with van der Waals surface area (Å²) in [4.78, 5) is 16.6. The minimum atomic E-state index is -0.279. The molecule has 0 bridgehead atoms. The first-order valence-electron chi connectivity index (χ1n) is 7.40. The number of fused-ring (bicyclic) bond motifs is 1. The molecule has 1 amide bonds. The van der Waals surface area contributed by atoms with Gasteiger partial charge in [0.25, 0.3) is 5.91 Å². The molecule has 3 aromatic rings. The lowest BCUT2D eigenvalue weighted by Gasteiger charge is -2.00. The quantitative estimate of drug-likeness (QED) is 0.711. The molecule has 0 fully saturated rings. The number of pyridine rings is 1. The number of rotatable bonds is 5. The van der Waals surface area contributed by atoms with E-state index in [1.165, 1.54) is 0 Å². The Hall–Kier alpha value is -2.74. The summed E-state index contributed by atoms with van der Waals surface area (Å²) in [5.41, 5.74) is 9.65. The fourth-order valence-corrected chi connectivity index (χ4v) is 2.46. The summed E-state index contributed by atoms with van der Waals surface area (Å²) in [6, 6.07) is 4.10. The summed E-state index contributed by atoms with van der Waals surface area (Å²) in [6.07, 6.45) is 3.51. The fourth-order valence-electron chi connectivity index (χ4n) is 2.46. The van der Waals surface area contributed by atoms with Gasteiger partial charge in [-0.25, -0.2) is 4.98 Å². The van der Waals surface area contributed by atoms with E-state index in [4.69, 9.17) is 5.73 Å². The molecule has 3 heterocycles. The van der Waals surface area contributed by atoms with Crippen molar-refractivity contribution >= 4 is 11.6 Å². The number of nitrogens with zero attached hydrogens (tertiary/aromatic N) is 5. The molecule has 0 atom stereocenters. The van der Waals surface area contributed by atoms with Gasteiger partial charge in [-0.1, -0.05) is 5.21 Å². The van der Waals surface area contributed by atoms with Crippen LogP contribution < -0.4 is 11.1 Å². The second-order valence-corrected chi connectivity index (χ2v) is 5.47. The maximum atomic E-state index is 12.1. The normalized spacial score (nSPS) is 11.1. The zero-order chi connectivity index (χ0) is 16.4. The Bertz CT molecular complexity index is 849. The van der Waals surface area contributed by atoms with Gasteiger partial charge < -0.3 is 15.5 Å². The number of nitrogens with one attached hydrogen (secondary N) is 1. The lowest BCUT2D eigenvalue weighted by molar-refractivity contribution is 0.0945. The third kappa shape index (κ3) is 3.21. The van der Waals surface area contributed by atoms with Crippen LogP contribution in [0.15, 0.2) is 24.5 Å². The minimum Gasteiger partial charge on any atom is -0.345 e. The molecule has 3 rings (SSSR count). The van der Waals surface area contributed by atoms with Gasteiger partial charge in [-0.2, -0.15) is 0 Å². The zero-order valence-electron chi connectivity index (χ0n) is 13.2. The Balaban J connectivity index is 1.70. The highest BCUT2D eigenvalue weighted by Gasteiger charge is 2.11. The maximum absolute atomic E-state index is 12.1. The SMILES string of the molecule is Cc1cc(C)n2cc(CNC(=O)c3cn(CCN)nn3)nc2c1. The molecule has 0 unspecified atom stereocenters. The molecule has 8 nitrogen and oxygen atoms in total. The van der Waals surface area contributed by atoms with Gasteiger partial charge in [0.1, 0.15) is 5.65 Å². The van der Waals surface area contributed by atoms with E-state index in [0.29, 0.717) is 19.6 Å². The molecule has 0 aliphatic heterocycles. The van der Waals surface area contributed by atoms with Crippen molar-refractivity contribution in [3.63, 3.8) is 0 Å². The molecule has 0 aliphatic rings. The van der Waals surface area contributed by atoms with Gasteiger partial charge in [0.05, 0.1) is 25.0 Å². The van der Waals surface area contributed by atoms with E-state index in [1.54, 1.807) is 10.9 Å². The summed E-state index contributed by atoms with van der Waals surface area (Å²) >= 11 is 0. The third-order valence-corrected chi connectivity index (χ3v) is 3.52. The molecule has 8 heteroatoms. The van der Waals surface area contributed by atoms with E-state index in [1.807, 2.05) is 30.5 Å². The minimum absolute atomic E-state index is 0.272. The summed E-state index contributed by atoms with van der Waals surface area (Å²) in [5, 5.41) is 10.5. The van der Waals surface area contributed by atoms with E-state index in [9.17, 15) is 4.79 Å². The average molecular weight is 313 g/mol. The van der Waals surface area contributed by atoms with Crippen LogP contribution in [0, 0.1) is 13.8 Å². The van der Waals surface area contributed by atoms with Crippen LogP contribution in [-0.2, 0) is 13.1 Å². The first-order chi connectivity index (χ1) is 11.1. The van der Waals surface area contributed by atoms with Gasteiger partial charge >= 0.3 is 0 Å². The lowest BCUT2D eigenvalue weighted by Crippen LogP contribution is -2.23. The van der Waals surface area contributed by atoms with Crippen molar-refractivity contribution in [2.75, 3.05) is 6.54 Å². The molecule has 0 aliphatic carbocycles. The Labute approximate surface area is 133 Å². The zero-order valence-corrected chi connectivity index (χ0v) is 13.2. The Morgan fingerprint density at radius 1 is 1.30 bits per heavy atom.